The van der Waals surface area contributed by atoms with Crippen molar-refractivity contribution in [3.8, 4) is 0 Å². The van der Waals surface area contributed by atoms with E-state index in [4.69, 9.17) is 0 Å². The molecule has 0 aromatic rings. The van der Waals surface area contributed by atoms with Crippen LogP contribution in [0.1, 0.15) is 40.0 Å². The second-order valence-electron chi connectivity index (χ2n) is 5.91. The SMILES string of the molecule is CCC1(C(=O)NCC(C)(C)NS(C)(=O)=O)CCCN1. The number of carbonyl (C=O) groups excluding carboxylic acids is 1. The molecule has 1 fully saturated rings. The van der Waals surface area contributed by atoms with Crippen molar-refractivity contribution in [1.82, 2.24) is 15.4 Å². The average molecular weight is 291 g/mol. The Morgan fingerprint density at radius 2 is 2.05 bits per heavy atom. The topological polar surface area (TPSA) is 87.3 Å². The highest BCUT2D eigenvalue weighted by Crippen LogP contribution is 2.23. The van der Waals surface area contributed by atoms with Crippen LogP contribution >= 0.6 is 0 Å². The van der Waals surface area contributed by atoms with Crippen LogP contribution in [0, 0.1) is 0 Å². The van der Waals surface area contributed by atoms with E-state index in [1.807, 2.05) is 6.92 Å². The Bertz CT molecular complexity index is 426. The van der Waals surface area contributed by atoms with Crippen molar-refractivity contribution in [3.63, 3.8) is 0 Å². The van der Waals surface area contributed by atoms with Gasteiger partial charge in [0.15, 0.2) is 0 Å². The highest BCUT2D eigenvalue weighted by molar-refractivity contribution is 7.88. The Morgan fingerprint density at radius 3 is 2.47 bits per heavy atom. The molecule has 1 aliphatic heterocycles. The lowest BCUT2D eigenvalue weighted by molar-refractivity contribution is -0.127. The number of carbonyl (C=O) groups is 1. The zero-order valence-corrected chi connectivity index (χ0v) is 13.0. The van der Waals surface area contributed by atoms with Crippen molar-refractivity contribution in [2.24, 2.45) is 0 Å². The number of nitrogens with one attached hydrogen (secondary N) is 3. The van der Waals surface area contributed by atoms with Crippen LogP contribution in [-0.2, 0) is 14.8 Å². The molecule has 1 amide bonds. The van der Waals surface area contributed by atoms with Crippen molar-refractivity contribution < 1.29 is 13.2 Å². The summed E-state index contributed by atoms with van der Waals surface area (Å²) in [5.41, 5.74) is -1.18. The zero-order chi connectivity index (χ0) is 14.7. The maximum absolute atomic E-state index is 12.3. The third-order valence-corrected chi connectivity index (χ3v) is 4.36. The summed E-state index contributed by atoms with van der Waals surface area (Å²) in [4.78, 5) is 12.3. The van der Waals surface area contributed by atoms with Crippen LogP contribution in [0.15, 0.2) is 0 Å². The summed E-state index contributed by atoms with van der Waals surface area (Å²) in [7, 11) is -3.29. The van der Waals surface area contributed by atoms with Crippen LogP contribution in [0.2, 0.25) is 0 Å². The summed E-state index contributed by atoms with van der Waals surface area (Å²) in [5.74, 6) is -0.0455. The normalized spacial score (nSPS) is 24.4. The lowest BCUT2D eigenvalue weighted by atomic mass is 9.92. The lowest BCUT2D eigenvalue weighted by Gasteiger charge is -2.30. The first-order valence-corrected chi connectivity index (χ1v) is 8.52. The van der Waals surface area contributed by atoms with Crippen LogP contribution in [0.5, 0.6) is 0 Å². The number of sulfonamides is 1. The van der Waals surface area contributed by atoms with E-state index in [0.717, 1.165) is 32.1 Å². The molecule has 0 aromatic heterocycles. The summed E-state index contributed by atoms with van der Waals surface area (Å²) < 4.78 is 25.0. The minimum Gasteiger partial charge on any atom is -0.353 e. The fourth-order valence-electron chi connectivity index (χ4n) is 2.47. The second-order valence-corrected chi connectivity index (χ2v) is 7.66. The highest BCUT2D eigenvalue weighted by Gasteiger charge is 2.39. The van der Waals surface area contributed by atoms with E-state index >= 15 is 0 Å². The fourth-order valence-corrected chi connectivity index (χ4v) is 3.55. The van der Waals surface area contributed by atoms with Crippen molar-refractivity contribution in [3.05, 3.63) is 0 Å². The molecule has 0 spiro atoms. The minimum absolute atomic E-state index is 0.0455. The molecule has 7 heteroatoms. The molecular formula is C12H25N3O3S. The summed E-state index contributed by atoms with van der Waals surface area (Å²) in [6.45, 7) is 6.59. The molecule has 3 N–H and O–H groups in total. The number of hydrogen-bond donors (Lipinski definition) is 3. The van der Waals surface area contributed by atoms with Gasteiger partial charge in [-0.25, -0.2) is 13.1 Å². The maximum Gasteiger partial charge on any atom is 0.240 e. The standard InChI is InChI=1S/C12H25N3O3S/c1-5-12(7-6-8-14-12)10(16)13-9-11(2,3)15-19(4,17)18/h14-15H,5-9H2,1-4H3,(H,13,16). The van der Waals surface area contributed by atoms with Gasteiger partial charge in [0.25, 0.3) is 0 Å². The Hall–Kier alpha value is -0.660. The van der Waals surface area contributed by atoms with Gasteiger partial charge < -0.3 is 10.6 Å². The first-order chi connectivity index (χ1) is 8.60. The van der Waals surface area contributed by atoms with Gasteiger partial charge in [-0.3, -0.25) is 4.79 Å². The monoisotopic (exact) mass is 291 g/mol. The van der Waals surface area contributed by atoms with Crippen LogP contribution in [-0.4, -0.2) is 44.7 Å². The average Bonchev–Trinajstić information content (AvgIpc) is 2.72. The predicted molar refractivity (Wildman–Crippen MR) is 75.3 cm³/mol. The largest absolute Gasteiger partial charge is 0.353 e. The number of rotatable bonds is 6. The molecule has 0 saturated carbocycles. The summed E-state index contributed by atoms with van der Waals surface area (Å²) in [5, 5.41) is 6.10. The predicted octanol–water partition coefficient (Wildman–Crippen LogP) is -0.0374. The summed E-state index contributed by atoms with van der Waals surface area (Å²) in [6.07, 6.45) is 3.67. The van der Waals surface area contributed by atoms with Crippen LogP contribution in [0.25, 0.3) is 0 Å². The molecule has 112 valence electrons. The van der Waals surface area contributed by atoms with Crippen molar-refractivity contribution >= 4 is 15.9 Å². The number of hydrogen-bond acceptors (Lipinski definition) is 4. The highest BCUT2D eigenvalue weighted by atomic mass is 32.2. The summed E-state index contributed by atoms with van der Waals surface area (Å²) >= 11 is 0. The van der Waals surface area contributed by atoms with Crippen LogP contribution in [0.3, 0.4) is 0 Å². The maximum atomic E-state index is 12.3. The van der Waals surface area contributed by atoms with Gasteiger partial charge in [-0.1, -0.05) is 6.92 Å². The van der Waals surface area contributed by atoms with Gasteiger partial charge in [0.1, 0.15) is 0 Å². The summed E-state index contributed by atoms with van der Waals surface area (Å²) in [6, 6.07) is 0. The zero-order valence-electron chi connectivity index (χ0n) is 12.2. The second kappa shape index (κ2) is 5.76. The quantitative estimate of drug-likeness (QED) is 0.641. The minimum atomic E-state index is -3.29. The molecule has 6 nitrogen and oxygen atoms in total. The van der Waals surface area contributed by atoms with Crippen LogP contribution in [0.4, 0.5) is 0 Å². The van der Waals surface area contributed by atoms with E-state index in [0.29, 0.717) is 0 Å². The van der Waals surface area contributed by atoms with E-state index in [-0.39, 0.29) is 12.5 Å². The van der Waals surface area contributed by atoms with E-state index in [2.05, 4.69) is 15.4 Å². The van der Waals surface area contributed by atoms with Gasteiger partial charge in [-0.2, -0.15) is 0 Å². The van der Waals surface area contributed by atoms with E-state index < -0.39 is 21.1 Å². The van der Waals surface area contributed by atoms with Crippen LogP contribution < -0.4 is 15.4 Å². The van der Waals surface area contributed by atoms with Gasteiger partial charge in [0, 0.05) is 12.1 Å². The molecule has 1 aliphatic rings. The number of amides is 1. The molecule has 1 rings (SSSR count). The first-order valence-electron chi connectivity index (χ1n) is 6.62. The molecule has 1 atom stereocenters. The van der Waals surface area contributed by atoms with Crippen molar-refractivity contribution in [2.75, 3.05) is 19.3 Å². The smallest absolute Gasteiger partial charge is 0.240 e. The van der Waals surface area contributed by atoms with Gasteiger partial charge >= 0.3 is 0 Å². The Labute approximate surface area is 115 Å². The Morgan fingerprint density at radius 1 is 1.42 bits per heavy atom. The molecule has 0 radical (unpaired) electrons. The van der Waals surface area contributed by atoms with Gasteiger partial charge in [-0.05, 0) is 39.7 Å². The molecule has 19 heavy (non-hydrogen) atoms. The molecule has 1 saturated heterocycles. The lowest BCUT2D eigenvalue weighted by Crippen LogP contribution is -2.58. The first kappa shape index (κ1) is 16.4. The van der Waals surface area contributed by atoms with Gasteiger partial charge in [-0.15, -0.1) is 0 Å². The molecule has 0 aliphatic carbocycles. The van der Waals surface area contributed by atoms with Gasteiger partial charge in [0.2, 0.25) is 15.9 Å². The van der Waals surface area contributed by atoms with E-state index in [9.17, 15) is 13.2 Å². The Kier molecular flexibility index (Phi) is 4.97. The third kappa shape index (κ3) is 4.74. The fraction of sp³-hybridized carbons (Fsp3) is 0.917. The van der Waals surface area contributed by atoms with E-state index in [1.54, 1.807) is 13.8 Å². The third-order valence-electron chi connectivity index (χ3n) is 3.43. The Balaban J connectivity index is 2.58. The van der Waals surface area contributed by atoms with Crippen molar-refractivity contribution in [2.45, 2.75) is 51.1 Å². The molecule has 0 aromatic carbocycles. The van der Waals surface area contributed by atoms with Gasteiger partial charge in [0.05, 0.1) is 11.8 Å². The molecule has 1 heterocycles. The molecular weight excluding hydrogens is 266 g/mol. The molecule has 1 unspecified atom stereocenters. The van der Waals surface area contributed by atoms with E-state index in [1.165, 1.54) is 0 Å². The van der Waals surface area contributed by atoms with Crippen molar-refractivity contribution in [1.29, 1.82) is 0 Å². The molecule has 0 bridgehead atoms.